The summed E-state index contributed by atoms with van der Waals surface area (Å²) < 4.78 is 5.58. The van der Waals surface area contributed by atoms with Gasteiger partial charge in [-0.1, -0.05) is 29.9 Å². The molecule has 1 aromatic carbocycles. The largest absolute Gasteiger partial charge is 0.381 e. The summed E-state index contributed by atoms with van der Waals surface area (Å²) in [6.07, 6.45) is 9.43. The Labute approximate surface area is 196 Å². The van der Waals surface area contributed by atoms with Gasteiger partial charge in [-0.05, 0) is 56.4 Å². The van der Waals surface area contributed by atoms with E-state index in [0.29, 0.717) is 43.1 Å². The molecule has 0 bridgehead atoms. The molecule has 0 unspecified atom stereocenters. The normalized spacial score (nSPS) is 21.6. The highest BCUT2D eigenvalue weighted by Gasteiger charge is 2.25. The number of anilines is 1. The van der Waals surface area contributed by atoms with Gasteiger partial charge in [-0.3, -0.25) is 9.59 Å². The van der Waals surface area contributed by atoms with Crippen LogP contribution in [-0.4, -0.2) is 57.1 Å². The van der Waals surface area contributed by atoms with Gasteiger partial charge >= 0.3 is 0 Å². The van der Waals surface area contributed by atoms with E-state index in [0.717, 1.165) is 55.0 Å². The monoisotopic (exact) mass is 449 g/mol. The Balaban J connectivity index is 1.68. The SMILES string of the molecule is CCN(c1cccc2c1C/C=C\CNCC1=C(CNC2=O)C(=O)CC(C)=C1)C1CCOCC1. The van der Waals surface area contributed by atoms with Crippen molar-refractivity contribution in [1.82, 2.24) is 10.6 Å². The molecule has 33 heavy (non-hydrogen) atoms. The van der Waals surface area contributed by atoms with Crippen molar-refractivity contribution >= 4 is 17.4 Å². The topological polar surface area (TPSA) is 70.7 Å². The van der Waals surface area contributed by atoms with Crippen molar-refractivity contribution < 1.29 is 14.3 Å². The van der Waals surface area contributed by atoms with Crippen molar-refractivity contribution in [1.29, 1.82) is 0 Å². The Kier molecular flexibility index (Phi) is 7.78. The maximum atomic E-state index is 13.4. The van der Waals surface area contributed by atoms with E-state index in [1.807, 2.05) is 19.1 Å². The highest BCUT2D eigenvalue weighted by Crippen LogP contribution is 2.30. The van der Waals surface area contributed by atoms with Crippen molar-refractivity contribution in [2.45, 2.75) is 45.6 Å². The number of carbonyl (C=O) groups excluding carboxylic acids is 2. The summed E-state index contributed by atoms with van der Waals surface area (Å²) in [7, 11) is 0. The van der Waals surface area contributed by atoms with Gasteiger partial charge in [-0.25, -0.2) is 0 Å². The van der Waals surface area contributed by atoms with Crippen LogP contribution in [0.3, 0.4) is 0 Å². The van der Waals surface area contributed by atoms with Crippen LogP contribution in [0.1, 0.15) is 49.0 Å². The molecule has 0 spiro atoms. The van der Waals surface area contributed by atoms with Crippen LogP contribution < -0.4 is 15.5 Å². The molecule has 1 saturated heterocycles. The molecule has 1 aromatic rings. The van der Waals surface area contributed by atoms with Crippen LogP contribution in [0, 0.1) is 0 Å². The third kappa shape index (κ3) is 5.45. The van der Waals surface area contributed by atoms with Crippen LogP contribution in [0.25, 0.3) is 0 Å². The van der Waals surface area contributed by atoms with E-state index in [4.69, 9.17) is 4.74 Å². The van der Waals surface area contributed by atoms with Gasteiger partial charge in [-0.15, -0.1) is 0 Å². The number of ether oxygens (including phenoxy) is 1. The zero-order valence-electron chi connectivity index (χ0n) is 19.8. The minimum atomic E-state index is -0.124. The Hall–Kier alpha value is -2.70. The van der Waals surface area contributed by atoms with Gasteiger partial charge in [0.1, 0.15) is 0 Å². The summed E-state index contributed by atoms with van der Waals surface area (Å²) >= 11 is 0. The van der Waals surface area contributed by atoms with Crippen LogP contribution in [0.4, 0.5) is 5.69 Å². The number of hydrogen-bond acceptors (Lipinski definition) is 5. The first-order valence-electron chi connectivity index (χ1n) is 12.1. The maximum Gasteiger partial charge on any atom is 0.251 e. The molecule has 1 amide bonds. The van der Waals surface area contributed by atoms with E-state index in [9.17, 15) is 9.59 Å². The maximum absolute atomic E-state index is 13.4. The molecule has 0 saturated carbocycles. The third-order valence-electron chi connectivity index (χ3n) is 6.75. The van der Waals surface area contributed by atoms with Crippen molar-refractivity contribution in [3.63, 3.8) is 0 Å². The lowest BCUT2D eigenvalue weighted by atomic mass is 9.91. The number of Topliss-reactive ketones (excluding diaryl/α,β-unsaturated/α-hetero) is 1. The molecule has 4 rings (SSSR count). The Morgan fingerprint density at radius 3 is 2.73 bits per heavy atom. The van der Waals surface area contributed by atoms with Crippen LogP contribution >= 0.6 is 0 Å². The average molecular weight is 450 g/mol. The predicted octanol–water partition coefficient (Wildman–Crippen LogP) is 3.34. The summed E-state index contributed by atoms with van der Waals surface area (Å²) in [6, 6.07) is 6.42. The molecule has 1 aliphatic carbocycles. The molecule has 0 radical (unpaired) electrons. The van der Waals surface area contributed by atoms with Crippen molar-refractivity contribution in [2.75, 3.05) is 44.3 Å². The first-order chi connectivity index (χ1) is 16.1. The fraction of sp³-hybridized carbons (Fsp3) is 0.481. The van der Waals surface area contributed by atoms with Gasteiger partial charge < -0.3 is 20.3 Å². The number of ketones is 1. The molecule has 3 aliphatic rings. The van der Waals surface area contributed by atoms with Crippen molar-refractivity contribution in [3.8, 4) is 0 Å². The fourth-order valence-electron chi connectivity index (χ4n) is 5.08. The quantitative estimate of drug-likeness (QED) is 0.693. The molecular weight excluding hydrogens is 414 g/mol. The molecule has 2 N–H and O–H groups in total. The van der Waals surface area contributed by atoms with E-state index in [-0.39, 0.29) is 18.2 Å². The summed E-state index contributed by atoms with van der Waals surface area (Å²) in [5.41, 5.74) is 5.60. The van der Waals surface area contributed by atoms with Gasteiger partial charge in [0.15, 0.2) is 5.78 Å². The number of allylic oxidation sites excluding steroid dienone is 2. The average Bonchev–Trinajstić information content (AvgIpc) is 2.83. The number of benzene rings is 1. The van der Waals surface area contributed by atoms with Crippen molar-refractivity contribution in [3.05, 3.63) is 64.3 Å². The van der Waals surface area contributed by atoms with Crippen LogP contribution in [0.5, 0.6) is 0 Å². The second kappa shape index (κ2) is 10.9. The zero-order valence-corrected chi connectivity index (χ0v) is 19.8. The number of amides is 1. The second-order valence-electron chi connectivity index (χ2n) is 9.02. The molecule has 1 fully saturated rings. The number of hydrogen-bond donors (Lipinski definition) is 2. The summed E-state index contributed by atoms with van der Waals surface area (Å²) in [5.74, 6) is -0.0235. The smallest absolute Gasteiger partial charge is 0.251 e. The van der Waals surface area contributed by atoms with E-state index in [1.54, 1.807) is 0 Å². The number of carbonyl (C=O) groups is 2. The van der Waals surface area contributed by atoms with E-state index < -0.39 is 0 Å². The van der Waals surface area contributed by atoms with Crippen LogP contribution in [0.2, 0.25) is 0 Å². The van der Waals surface area contributed by atoms with E-state index >= 15 is 0 Å². The lowest BCUT2D eigenvalue weighted by Crippen LogP contribution is -2.40. The molecule has 6 heteroatoms. The Morgan fingerprint density at radius 1 is 1.12 bits per heavy atom. The van der Waals surface area contributed by atoms with Crippen LogP contribution in [-0.2, 0) is 16.0 Å². The number of nitrogens with one attached hydrogen (secondary N) is 2. The molecule has 2 aliphatic heterocycles. The van der Waals surface area contributed by atoms with Crippen LogP contribution in [0.15, 0.2) is 53.1 Å². The minimum Gasteiger partial charge on any atom is -0.381 e. The van der Waals surface area contributed by atoms with Gasteiger partial charge in [-0.2, -0.15) is 0 Å². The minimum absolute atomic E-state index is 0.100. The molecule has 2 heterocycles. The van der Waals surface area contributed by atoms with Gasteiger partial charge in [0.25, 0.3) is 5.91 Å². The summed E-state index contributed by atoms with van der Waals surface area (Å²) in [6.45, 7) is 8.18. The molecule has 176 valence electrons. The highest BCUT2D eigenvalue weighted by atomic mass is 16.5. The molecule has 0 aromatic heterocycles. The number of rotatable bonds is 3. The second-order valence-corrected chi connectivity index (χ2v) is 9.02. The summed E-state index contributed by atoms with van der Waals surface area (Å²) in [5, 5.41) is 6.47. The van der Waals surface area contributed by atoms with Gasteiger partial charge in [0.05, 0.1) is 0 Å². The van der Waals surface area contributed by atoms with E-state index in [1.165, 1.54) is 0 Å². The van der Waals surface area contributed by atoms with Gasteiger partial charge in [0.2, 0.25) is 0 Å². The lowest BCUT2D eigenvalue weighted by Gasteiger charge is -2.37. The first-order valence-corrected chi connectivity index (χ1v) is 12.1. The van der Waals surface area contributed by atoms with Gasteiger partial charge in [0, 0.05) is 68.7 Å². The highest BCUT2D eigenvalue weighted by molar-refractivity contribution is 6.02. The molecule has 6 nitrogen and oxygen atoms in total. The molecule has 0 atom stereocenters. The van der Waals surface area contributed by atoms with E-state index in [2.05, 4.69) is 46.8 Å². The standard InChI is InChI=1S/C27H35N3O3/c1-3-30(21-10-13-33-14-11-21)25-9-6-8-23-22(25)7-4-5-12-28-17-20-15-19(2)16-26(31)24(20)18-29-27(23)32/h4-6,8-9,15,21,28H,3,7,10-14,16-18H2,1-2H3,(H,29,32)/b5-4-. The Morgan fingerprint density at radius 2 is 1.94 bits per heavy atom. The van der Waals surface area contributed by atoms with Crippen molar-refractivity contribution in [2.24, 2.45) is 0 Å². The fourth-order valence-corrected chi connectivity index (χ4v) is 5.08. The molecular formula is C27H35N3O3. The first kappa shape index (κ1) is 23.5. The Bertz CT molecular complexity index is 986. The lowest BCUT2D eigenvalue weighted by molar-refractivity contribution is -0.115. The summed E-state index contributed by atoms with van der Waals surface area (Å²) in [4.78, 5) is 28.5. The number of fused-ring (bicyclic) bond motifs is 1. The predicted molar refractivity (Wildman–Crippen MR) is 132 cm³/mol. The number of nitrogens with zero attached hydrogens (tertiary/aromatic N) is 1. The third-order valence-corrected chi connectivity index (χ3v) is 6.75. The zero-order chi connectivity index (χ0) is 23.2.